The van der Waals surface area contributed by atoms with Crippen LogP contribution < -0.4 is 0 Å². The molecule has 0 N–H and O–H groups in total. The van der Waals surface area contributed by atoms with Crippen LogP contribution in [0.2, 0.25) is 0 Å². The number of carbonyl (C=O) groups excluding carboxylic acids is 2. The Hall–Kier alpha value is -2.70. The molecule has 0 atom stereocenters. The van der Waals surface area contributed by atoms with Crippen LogP contribution in [0, 0.1) is 10.1 Å². The lowest BCUT2D eigenvalue weighted by molar-refractivity contribution is -0.384. The van der Waals surface area contributed by atoms with Crippen LogP contribution >= 0.6 is 0 Å². The molecule has 7 nitrogen and oxygen atoms in total. The van der Waals surface area contributed by atoms with Crippen molar-refractivity contribution in [3.05, 3.63) is 52.1 Å². The van der Waals surface area contributed by atoms with Gasteiger partial charge in [-0.15, -0.1) is 0 Å². The molecule has 0 aromatic heterocycles. The zero-order chi connectivity index (χ0) is 14.4. The minimum Gasteiger partial charge on any atom is -0.466 e. The first kappa shape index (κ1) is 14.4. The summed E-state index contributed by atoms with van der Waals surface area (Å²) in [6.45, 7) is 3.08. The van der Waals surface area contributed by atoms with E-state index in [1.807, 2.05) is 0 Å². The molecular weight excluding hydrogens is 254 g/mol. The van der Waals surface area contributed by atoms with Crippen molar-refractivity contribution in [3.63, 3.8) is 0 Å². The molecule has 0 radical (unpaired) electrons. The van der Waals surface area contributed by atoms with Crippen LogP contribution in [0.3, 0.4) is 0 Å². The van der Waals surface area contributed by atoms with E-state index in [9.17, 15) is 19.7 Å². The smallest absolute Gasteiger partial charge is 0.338 e. The van der Waals surface area contributed by atoms with E-state index < -0.39 is 16.9 Å². The van der Waals surface area contributed by atoms with Crippen LogP contribution in [0.5, 0.6) is 0 Å². The Balaban J connectivity index is 2.61. The summed E-state index contributed by atoms with van der Waals surface area (Å²) in [5.41, 5.74) is 0.0107. The Bertz CT molecular complexity index is 520. The van der Waals surface area contributed by atoms with Crippen molar-refractivity contribution in [2.75, 3.05) is 13.7 Å². The Morgan fingerprint density at radius 3 is 2.37 bits per heavy atom. The van der Waals surface area contributed by atoms with Gasteiger partial charge in [-0.3, -0.25) is 10.1 Å². The summed E-state index contributed by atoms with van der Waals surface area (Å²) in [6.07, 6.45) is 0. The zero-order valence-electron chi connectivity index (χ0n) is 10.1. The second kappa shape index (κ2) is 6.29. The van der Waals surface area contributed by atoms with Gasteiger partial charge in [-0.2, -0.15) is 0 Å². The third kappa shape index (κ3) is 3.91. The van der Waals surface area contributed by atoms with E-state index in [4.69, 9.17) is 4.74 Å². The van der Waals surface area contributed by atoms with E-state index in [0.29, 0.717) is 0 Å². The molecule has 19 heavy (non-hydrogen) atoms. The van der Waals surface area contributed by atoms with Crippen molar-refractivity contribution in [3.8, 4) is 0 Å². The fourth-order valence-electron chi connectivity index (χ4n) is 1.16. The Kier molecular flexibility index (Phi) is 4.76. The summed E-state index contributed by atoms with van der Waals surface area (Å²) in [6, 6.07) is 4.90. The minimum atomic E-state index is -0.708. The van der Waals surface area contributed by atoms with Crippen molar-refractivity contribution >= 4 is 17.6 Å². The number of non-ortho nitro benzene ring substituents is 1. The lowest BCUT2D eigenvalue weighted by Gasteiger charge is -2.05. The lowest BCUT2D eigenvalue weighted by Crippen LogP contribution is -2.13. The van der Waals surface area contributed by atoms with E-state index in [0.717, 1.165) is 0 Å². The molecule has 1 aromatic carbocycles. The largest absolute Gasteiger partial charge is 0.466 e. The first-order valence-corrected chi connectivity index (χ1v) is 5.13. The van der Waals surface area contributed by atoms with E-state index in [1.165, 1.54) is 31.4 Å². The molecule has 7 heteroatoms. The molecule has 0 heterocycles. The fourth-order valence-corrected chi connectivity index (χ4v) is 1.16. The van der Waals surface area contributed by atoms with Gasteiger partial charge in [-0.05, 0) is 12.1 Å². The van der Waals surface area contributed by atoms with Gasteiger partial charge in [0.2, 0.25) is 0 Å². The van der Waals surface area contributed by atoms with Crippen molar-refractivity contribution < 1.29 is 24.0 Å². The maximum atomic E-state index is 11.6. The third-order valence-corrected chi connectivity index (χ3v) is 2.17. The van der Waals surface area contributed by atoms with Crippen LogP contribution in [0.4, 0.5) is 5.69 Å². The van der Waals surface area contributed by atoms with Gasteiger partial charge in [0.05, 0.1) is 23.2 Å². The van der Waals surface area contributed by atoms with Crippen LogP contribution in [0.15, 0.2) is 36.4 Å². The molecule has 0 aliphatic carbocycles. The first-order valence-electron chi connectivity index (χ1n) is 5.13. The molecule has 100 valence electrons. The molecule has 0 amide bonds. The van der Waals surface area contributed by atoms with Crippen LogP contribution in [-0.2, 0) is 14.3 Å². The summed E-state index contributed by atoms with van der Waals surface area (Å²) in [4.78, 5) is 32.4. The highest BCUT2D eigenvalue weighted by Gasteiger charge is 2.13. The standard InChI is InChI=1S/C12H11NO6/c1-8(11(14)18-2)7-19-12(15)9-3-5-10(6-4-9)13(16)17/h3-6H,1,7H2,2H3. The quantitative estimate of drug-likeness (QED) is 0.346. The van der Waals surface area contributed by atoms with Gasteiger partial charge < -0.3 is 9.47 Å². The molecule has 0 fully saturated rings. The van der Waals surface area contributed by atoms with Crippen molar-refractivity contribution in [2.24, 2.45) is 0 Å². The van der Waals surface area contributed by atoms with Gasteiger partial charge >= 0.3 is 11.9 Å². The maximum absolute atomic E-state index is 11.6. The Morgan fingerprint density at radius 2 is 1.89 bits per heavy atom. The molecular formula is C12H11NO6. The van der Waals surface area contributed by atoms with Gasteiger partial charge in [0.1, 0.15) is 6.61 Å². The molecule has 1 aromatic rings. The number of hydrogen-bond donors (Lipinski definition) is 0. The summed E-state index contributed by atoms with van der Waals surface area (Å²) in [5, 5.41) is 10.4. The average molecular weight is 265 g/mol. The number of nitrogens with zero attached hydrogens (tertiary/aromatic N) is 1. The summed E-state index contributed by atoms with van der Waals surface area (Å²) >= 11 is 0. The summed E-state index contributed by atoms with van der Waals surface area (Å²) < 4.78 is 9.19. The molecule has 0 saturated heterocycles. The van der Waals surface area contributed by atoms with Crippen LogP contribution in [-0.4, -0.2) is 30.6 Å². The van der Waals surface area contributed by atoms with E-state index in [-0.39, 0.29) is 23.4 Å². The maximum Gasteiger partial charge on any atom is 0.338 e. The number of rotatable bonds is 5. The normalized spacial score (nSPS) is 9.53. The highest BCUT2D eigenvalue weighted by Crippen LogP contribution is 2.12. The van der Waals surface area contributed by atoms with Gasteiger partial charge in [-0.25, -0.2) is 9.59 Å². The van der Waals surface area contributed by atoms with Crippen LogP contribution in [0.1, 0.15) is 10.4 Å². The van der Waals surface area contributed by atoms with Crippen molar-refractivity contribution in [2.45, 2.75) is 0 Å². The summed E-state index contributed by atoms with van der Waals surface area (Å²) in [7, 11) is 1.19. The number of hydrogen-bond acceptors (Lipinski definition) is 6. The molecule has 1 rings (SSSR count). The third-order valence-electron chi connectivity index (χ3n) is 2.17. The zero-order valence-corrected chi connectivity index (χ0v) is 10.1. The van der Waals surface area contributed by atoms with Gasteiger partial charge in [0, 0.05) is 12.1 Å². The van der Waals surface area contributed by atoms with Crippen molar-refractivity contribution in [1.29, 1.82) is 0 Å². The Labute approximate surface area is 108 Å². The summed E-state index contributed by atoms with van der Waals surface area (Å²) in [5.74, 6) is -1.38. The molecule has 0 saturated carbocycles. The fraction of sp³-hybridized carbons (Fsp3) is 0.167. The lowest BCUT2D eigenvalue weighted by atomic mass is 10.2. The number of benzene rings is 1. The van der Waals surface area contributed by atoms with Gasteiger partial charge in [0.15, 0.2) is 0 Å². The number of ether oxygens (including phenoxy) is 2. The predicted octanol–water partition coefficient (Wildman–Crippen LogP) is 1.48. The highest BCUT2D eigenvalue weighted by molar-refractivity contribution is 5.91. The van der Waals surface area contributed by atoms with Gasteiger partial charge in [-0.1, -0.05) is 6.58 Å². The molecule has 0 bridgehead atoms. The second-order valence-electron chi connectivity index (χ2n) is 3.48. The topological polar surface area (TPSA) is 95.7 Å². The Morgan fingerprint density at radius 1 is 1.32 bits per heavy atom. The first-order chi connectivity index (χ1) is 8.95. The number of methoxy groups -OCH3 is 1. The highest BCUT2D eigenvalue weighted by atomic mass is 16.6. The van der Waals surface area contributed by atoms with E-state index >= 15 is 0 Å². The number of nitro benzene ring substituents is 1. The molecule has 0 spiro atoms. The second-order valence-corrected chi connectivity index (χ2v) is 3.48. The van der Waals surface area contributed by atoms with E-state index in [1.54, 1.807) is 0 Å². The SMILES string of the molecule is C=C(COC(=O)c1ccc([N+](=O)[O-])cc1)C(=O)OC. The number of esters is 2. The van der Waals surface area contributed by atoms with Crippen molar-refractivity contribution in [1.82, 2.24) is 0 Å². The predicted molar refractivity (Wildman–Crippen MR) is 64.5 cm³/mol. The molecule has 0 aliphatic heterocycles. The molecule has 0 aliphatic rings. The minimum absolute atomic E-state index is 0.00207. The van der Waals surface area contributed by atoms with Gasteiger partial charge in [0.25, 0.3) is 5.69 Å². The number of carbonyl (C=O) groups is 2. The molecule has 0 unspecified atom stereocenters. The van der Waals surface area contributed by atoms with E-state index in [2.05, 4.69) is 11.3 Å². The average Bonchev–Trinajstić information content (AvgIpc) is 2.43. The number of nitro groups is 1. The monoisotopic (exact) mass is 265 g/mol. The van der Waals surface area contributed by atoms with Crippen LogP contribution in [0.25, 0.3) is 0 Å².